The standard InChI is InChI=1S/C28H23N7O4/c1-18-16-23(35(32-18)20-12-6-3-7-13-20)29-27-33(17-19-10-4-2-5-11-19)21-14-8-9-15-22(21)34(27)28(39)24(36)30-26(38)31-25(28)37/h2-16,39H,17H2,1H3,(H2,30,31,36,37,38). The van der Waals surface area contributed by atoms with Crippen LogP contribution < -0.4 is 16.3 Å². The molecular weight excluding hydrogens is 498 g/mol. The normalized spacial score (nSPS) is 15.4. The predicted octanol–water partition coefficient (Wildman–Crippen LogP) is 2.23. The van der Waals surface area contributed by atoms with Crippen molar-refractivity contribution < 1.29 is 19.5 Å². The molecule has 1 saturated heterocycles. The quantitative estimate of drug-likeness (QED) is 0.305. The second-order valence-corrected chi connectivity index (χ2v) is 9.11. The maximum absolute atomic E-state index is 13.1. The maximum atomic E-state index is 13.1. The molecule has 0 radical (unpaired) electrons. The van der Waals surface area contributed by atoms with Gasteiger partial charge in [0.05, 0.1) is 29.0 Å². The van der Waals surface area contributed by atoms with Crippen molar-refractivity contribution >= 4 is 34.7 Å². The van der Waals surface area contributed by atoms with Gasteiger partial charge in [0.1, 0.15) is 0 Å². The zero-order valence-electron chi connectivity index (χ0n) is 20.8. The van der Waals surface area contributed by atoms with E-state index in [4.69, 9.17) is 4.99 Å². The Kier molecular flexibility index (Phi) is 5.69. The van der Waals surface area contributed by atoms with Gasteiger partial charge in [0, 0.05) is 6.07 Å². The number of barbiturate groups is 1. The lowest BCUT2D eigenvalue weighted by Crippen LogP contribution is -2.68. The van der Waals surface area contributed by atoms with E-state index in [1.807, 2.05) is 84.3 Å². The summed E-state index contributed by atoms with van der Waals surface area (Å²) in [6.45, 7) is 2.14. The van der Waals surface area contributed by atoms with Crippen molar-refractivity contribution in [1.82, 2.24) is 29.5 Å². The van der Waals surface area contributed by atoms with Crippen molar-refractivity contribution in [1.29, 1.82) is 0 Å². The van der Waals surface area contributed by atoms with E-state index >= 15 is 0 Å². The number of urea groups is 1. The molecule has 0 aliphatic carbocycles. The number of benzene rings is 3. The third-order valence-corrected chi connectivity index (χ3v) is 6.48. The van der Waals surface area contributed by atoms with Crippen molar-refractivity contribution in [3.05, 3.63) is 108 Å². The van der Waals surface area contributed by atoms with E-state index in [0.29, 0.717) is 29.1 Å². The van der Waals surface area contributed by atoms with E-state index in [-0.39, 0.29) is 5.62 Å². The molecule has 3 heterocycles. The highest BCUT2D eigenvalue weighted by atomic mass is 16.3. The number of hydrogen-bond acceptors (Lipinski definition) is 6. The zero-order chi connectivity index (χ0) is 27.1. The van der Waals surface area contributed by atoms with Crippen LogP contribution in [-0.2, 0) is 21.9 Å². The second kappa shape index (κ2) is 9.23. The van der Waals surface area contributed by atoms with Crippen LogP contribution in [0.25, 0.3) is 16.7 Å². The number of aromatic nitrogens is 4. The Morgan fingerprint density at radius 3 is 2.10 bits per heavy atom. The molecule has 0 unspecified atom stereocenters. The van der Waals surface area contributed by atoms with Gasteiger partial charge in [-0.3, -0.25) is 24.8 Å². The number of para-hydroxylation sites is 3. The van der Waals surface area contributed by atoms with Crippen LogP contribution in [0.1, 0.15) is 11.3 Å². The van der Waals surface area contributed by atoms with Gasteiger partial charge in [0.2, 0.25) is 5.62 Å². The predicted molar refractivity (Wildman–Crippen MR) is 141 cm³/mol. The first-order chi connectivity index (χ1) is 18.9. The first kappa shape index (κ1) is 24.1. The molecule has 3 aromatic carbocycles. The average Bonchev–Trinajstić information content (AvgIpc) is 3.46. The first-order valence-corrected chi connectivity index (χ1v) is 12.2. The Bertz CT molecular complexity index is 1800. The van der Waals surface area contributed by atoms with Gasteiger partial charge in [0.25, 0.3) is 11.8 Å². The van der Waals surface area contributed by atoms with Crippen LogP contribution in [0.3, 0.4) is 0 Å². The van der Waals surface area contributed by atoms with Gasteiger partial charge in [-0.25, -0.2) is 9.48 Å². The van der Waals surface area contributed by atoms with Gasteiger partial charge < -0.3 is 9.67 Å². The van der Waals surface area contributed by atoms with Crippen LogP contribution in [0.15, 0.2) is 96.0 Å². The molecule has 5 aromatic rings. The number of carbonyl (C=O) groups is 3. The summed E-state index contributed by atoms with van der Waals surface area (Å²) in [5, 5.41) is 20.3. The molecule has 39 heavy (non-hydrogen) atoms. The summed E-state index contributed by atoms with van der Waals surface area (Å²) in [7, 11) is 0. The van der Waals surface area contributed by atoms with Crippen molar-refractivity contribution in [3.8, 4) is 5.69 Å². The highest BCUT2D eigenvalue weighted by Gasteiger charge is 2.52. The number of fused-ring (bicyclic) bond motifs is 1. The number of imide groups is 2. The van der Waals surface area contributed by atoms with E-state index in [1.165, 1.54) is 0 Å². The molecule has 0 atom stereocenters. The van der Waals surface area contributed by atoms with Crippen molar-refractivity contribution in [2.45, 2.75) is 19.2 Å². The van der Waals surface area contributed by atoms with Crippen LogP contribution in [0.5, 0.6) is 0 Å². The van der Waals surface area contributed by atoms with Crippen molar-refractivity contribution in [3.63, 3.8) is 0 Å². The van der Waals surface area contributed by atoms with Crippen molar-refractivity contribution in [2.75, 3.05) is 0 Å². The zero-order valence-corrected chi connectivity index (χ0v) is 20.8. The topological polar surface area (TPSA) is 136 Å². The van der Waals surface area contributed by atoms with Gasteiger partial charge in [-0.2, -0.15) is 10.1 Å². The number of amides is 4. The lowest BCUT2D eigenvalue weighted by molar-refractivity contribution is -0.165. The minimum atomic E-state index is -2.80. The van der Waals surface area contributed by atoms with E-state index < -0.39 is 23.6 Å². The van der Waals surface area contributed by atoms with Gasteiger partial charge >= 0.3 is 11.8 Å². The minimum Gasteiger partial charge on any atom is -0.355 e. The first-order valence-electron chi connectivity index (χ1n) is 12.2. The van der Waals surface area contributed by atoms with Gasteiger partial charge in [-0.1, -0.05) is 60.7 Å². The highest BCUT2D eigenvalue weighted by molar-refractivity contribution is 6.19. The largest absolute Gasteiger partial charge is 0.355 e. The van der Waals surface area contributed by atoms with Gasteiger partial charge in [0.15, 0.2) is 5.82 Å². The summed E-state index contributed by atoms with van der Waals surface area (Å²) in [5.41, 5.74) is 0.617. The molecule has 3 N–H and O–H groups in total. The average molecular weight is 522 g/mol. The minimum absolute atomic E-state index is 0.0966. The number of hydrogen-bond donors (Lipinski definition) is 3. The molecule has 4 amide bonds. The van der Waals surface area contributed by atoms with Crippen LogP contribution >= 0.6 is 0 Å². The Balaban J connectivity index is 1.71. The van der Waals surface area contributed by atoms with Crippen LogP contribution in [0, 0.1) is 6.92 Å². The third kappa shape index (κ3) is 4.01. The molecule has 0 spiro atoms. The van der Waals surface area contributed by atoms with Gasteiger partial charge in [-0.05, 0) is 36.8 Å². The maximum Gasteiger partial charge on any atom is 0.328 e. The molecular formula is C28H23N7O4. The summed E-state index contributed by atoms with van der Waals surface area (Å²) in [5.74, 6) is -1.97. The second-order valence-electron chi connectivity index (χ2n) is 9.11. The molecule has 194 valence electrons. The molecule has 11 nitrogen and oxygen atoms in total. The Hall–Kier alpha value is -5.29. The Morgan fingerprint density at radius 1 is 0.846 bits per heavy atom. The highest BCUT2D eigenvalue weighted by Crippen LogP contribution is 2.25. The van der Waals surface area contributed by atoms with Crippen LogP contribution in [0.4, 0.5) is 10.6 Å². The molecule has 1 aliphatic rings. The fourth-order valence-electron chi connectivity index (χ4n) is 4.71. The molecule has 1 fully saturated rings. The Labute approximate surface area is 221 Å². The summed E-state index contributed by atoms with van der Waals surface area (Å²) in [6.07, 6.45) is 0. The molecule has 6 rings (SSSR count). The lowest BCUT2D eigenvalue weighted by atomic mass is 10.1. The molecule has 11 heteroatoms. The fourth-order valence-corrected chi connectivity index (χ4v) is 4.71. The number of rotatable bonds is 5. The third-order valence-electron chi connectivity index (χ3n) is 6.48. The van der Waals surface area contributed by atoms with Gasteiger partial charge in [-0.15, -0.1) is 0 Å². The fraction of sp³-hybridized carbons (Fsp3) is 0.107. The number of carbonyl (C=O) groups excluding carboxylic acids is 3. The molecule has 1 aliphatic heterocycles. The SMILES string of the molecule is Cc1cc(N=c2n(Cc3ccccc3)c3ccccc3n2C2(O)C(=O)NC(=O)NC2=O)n(-c2ccccc2)n1. The van der Waals surface area contributed by atoms with E-state index in [1.54, 1.807) is 33.5 Å². The smallest absolute Gasteiger partial charge is 0.328 e. The van der Waals surface area contributed by atoms with E-state index in [0.717, 1.165) is 15.8 Å². The number of aryl methyl sites for hydroxylation is 1. The summed E-state index contributed by atoms with van der Waals surface area (Å²) >= 11 is 0. The number of nitrogens with zero attached hydrogens (tertiary/aromatic N) is 5. The van der Waals surface area contributed by atoms with Crippen LogP contribution in [0.2, 0.25) is 0 Å². The summed E-state index contributed by atoms with van der Waals surface area (Å²) in [6, 6.07) is 26.7. The molecule has 0 bridgehead atoms. The number of imidazole rings is 1. The molecule has 2 aromatic heterocycles. The summed E-state index contributed by atoms with van der Waals surface area (Å²) in [4.78, 5) is 43.0. The number of nitrogens with one attached hydrogen (secondary N) is 2. The Morgan fingerprint density at radius 2 is 1.44 bits per heavy atom. The van der Waals surface area contributed by atoms with Crippen molar-refractivity contribution in [2.24, 2.45) is 4.99 Å². The van der Waals surface area contributed by atoms with E-state index in [9.17, 15) is 19.5 Å². The van der Waals surface area contributed by atoms with E-state index in [2.05, 4.69) is 5.10 Å². The van der Waals surface area contributed by atoms with Crippen LogP contribution in [-0.4, -0.2) is 41.9 Å². The summed E-state index contributed by atoms with van der Waals surface area (Å²) < 4.78 is 4.59. The lowest BCUT2D eigenvalue weighted by Gasteiger charge is -2.30. The molecule has 0 saturated carbocycles. The number of aliphatic hydroxyl groups is 1. The monoisotopic (exact) mass is 521 g/mol.